The van der Waals surface area contributed by atoms with Crippen molar-refractivity contribution in [3.8, 4) is 0 Å². The summed E-state index contributed by atoms with van der Waals surface area (Å²) in [5.41, 5.74) is -0.376. The van der Waals surface area contributed by atoms with E-state index in [-0.39, 0.29) is 18.3 Å². The number of hydrogen-bond acceptors (Lipinski definition) is 12. The molecular weight excluding hydrogens is 638 g/mol. The Bertz CT molecular complexity index is 1480. The van der Waals surface area contributed by atoms with E-state index < -0.39 is 71.9 Å². The smallest absolute Gasteiger partial charge is 0.480 e. The number of rotatable bonds is 7. The molecule has 0 saturated carbocycles. The van der Waals surface area contributed by atoms with Gasteiger partial charge in [0.15, 0.2) is 12.2 Å². The summed E-state index contributed by atoms with van der Waals surface area (Å²) in [7, 11) is 0. The number of benzene rings is 2. The van der Waals surface area contributed by atoms with Gasteiger partial charge in [0.2, 0.25) is 11.7 Å². The number of guanidine groups is 1. The normalized spacial score (nSPS) is 21.2. The fourth-order valence-corrected chi connectivity index (χ4v) is 4.96. The van der Waals surface area contributed by atoms with Gasteiger partial charge in [-0.3, -0.25) is 10.6 Å². The lowest BCUT2D eigenvalue weighted by molar-refractivity contribution is -0.154. The maximum absolute atomic E-state index is 13.9. The van der Waals surface area contributed by atoms with Crippen LogP contribution in [0, 0.1) is 5.92 Å². The first-order valence-corrected chi connectivity index (χ1v) is 15.8. The Labute approximate surface area is 284 Å². The molecule has 2 heterocycles. The number of aliphatic imine (C=N–C) groups is 1. The minimum Gasteiger partial charge on any atom is -0.480 e. The highest BCUT2D eigenvalue weighted by Crippen LogP contribution is 2.33. The Hall–Kier alpha value is -5.11. The summed E-state index contributed by atoms with van der Waals surface area (Å²) >= 11 is 0. The van der Waals surface area contributed by atoms with Crippen LogP contribution in [0.1, 0.15) is 65.7 Å². The van der Waals surface area contributed by atoms with Gasteiger partial charge >= 0.3 is 24.3 Å². The van der Waals surface area contributed by atoms with Gasteiger partial charge in [0.05, 0.1) is 6.04 Å². The van der Waals surface area contributed by atoms with Crippen LogP contribution in [0.2, 0.25) is 0 Å². The molecule has 2 aromatic carbocycles. The highest BCUT2D eigenvalue weighted by atomic mass is 16.8. The number of alkyl carbamates (subject to hydrolysis) is 2. The lowest BCUT2D eigenvalue weighted by Gasteiger charge is -2.37. The summed E-state index contributed by atoms with van der Waals surface area (Å²) in [6, 6.07) is 17.2. The third-order valence-electron chi connectivity index (χ3n) is 7.12. The van der Waals surface area contributed by atoms with Crippen molar-refractivity contribution in [2.75, 3.05) is 6.61 Å². The van der Waals surface area contributed by atoms with Crippen LogP contribution >= 0.6 is 0 Å². The first kappa shape index (κ1) is 36.7. The number of nitrogens with zero attached hydrogens (tertiary/aromatic N) is 1. The van der Waals surface area contributed by atoms with Gasteiger partial charge in [-0.05, 0) is 58.7 Å². The summed E-state index contributed by atoms with van der Waals surface area (Å²) in [5, 5.41) is 16.2. The molecule has 5 atom stereocenters. The zero-order valence-corrected chi connectivity index (χ0v) is 28.5. The van der Waals surface area contributed by atoms with E-state index in [4.69, 9.17) is 28.4 Å². The largest absolute Gasteiger partial charge is 0.508 e. The van der Waals surface area contributed by atoms with Crippen LogP contribution < -0.4 is 10.6 Å². The van der Waals surface area contributed by atoms with E-state index in [0.29, 0.717) is 11.1 Å². The number of cyclic esters (lactones) is 2. The molecule has 0 spiro atoms. The Balaban J connectivity index is 1.72. The standard InChI is InChI=1S/C35H43N3O11/c1-20-23(36-30(37-31(41)48-34(2,3)4)38-32(42)49-35(5,6)7)18-24(45-27(20)26(39)25-19-44-33(43)46-25)29(40)47-28(21-14-10-8-11-15-21)22-16-12-9-13-17-22/h8-18,20,23,25-28,39H,19H2,1-7H3,(H2,36,37,38,41,42)/t20-,23+,25-,26-,27-/m1/s1. The lowest BCUT2D eigenvalue weighted by atomic mass is 9.87. The summed E-state index contributed by atoms with van der Waals surface area (Å²) < 4.78 is 32.7. The van der Waals surface area contributed by atoms with Crippen molar-refractivity contribution >= 4 is 30.3 Å². The van der Waals surface area contributed by atoms with Gasteiger partial charge in [0.25, 0.3) is 0 Å². The molecule has 2 amide bonds. The highest BCUT2D eigenvalue weighted by molar-refractivity contribution is 6.01. The van der Waals surface area contributed by atoms with Crippen molar-refractivity contribution in [1.82, 2.24) is 10.6 Å². The number of nitrogens with one attached hydrogen (secondary N) is 2. The molecule has 3 N–H and O–H groups in total. The second-order valence-corrected chi connectivity index (χ2v) is 13.5. The molecular formula is C35H43N3O11. The molecule has 49 heavy (non-hydrogen) atoms. The molecule has 2 aliphatic rings. The number of aliphatic hydroxyl groups is 1. The van der Waals surface area contributed by atoms with Crippen LogP contribution in [0.15, 0.2) is 77.5 Å². The number of ether oxygens (including phenoxy) is 6. The molecule has 1 fully saturated rings. The van der Waals surface area contributed by atoms with Gasteiger partial charge in [-0.2, -0.15) is 0 Å². The zero-order valence-electron chi connectivity index (χ0n) is 28.5. The highest BCUT2D eigenvalue weighted by Gasteiger charge is 2.45. The third-order valence-corrected chi connectivity index (χ3v) is 7.12. The topological polar surface area (TPSA) is 180 Å². The minimum absolute atomic E-state index is 0.250. The molecule has 0 bridgehead atoms. The predicted molar refractivity (Wildman–Crippen MR) is 175 cm³/mol. The number of amides is 2. The van der Waals surface area contributed by atoms with E-state index in [1.54, 1.807) is 48.5 Å². The van der Waals surface area contributed by atoms with Gasteiger partial charge in [0.1, 0.15) is 30.0 Å². The molecule has 14 heteroatoms. The van der Waals surface area contributed by atoms with Crippen LogP contribution in [0.25, 0.3) is 0 Å². The molecule has 264 valence electrons. The average Bonchev–Trinajstić information content (AvgIpc) is 3.45. The number of esters is 1. The maximum atomic E-state index is 13.9. The fraction of sp³-hybridized carbons (Fsp3) is 0.457. The van der Waals surface area contributed by atoms with Crippen LogP contribution in [-0.4, -0.2) is 77.5 Å². The van der Waals surface area contributed by atoms with E-state index in [0.717, 1.165) is 0 Å². The van der Waals surface area contributed by atoms with Gasteiger partial charge < -0.3 is 33.5 Å². The van der Waals surface area contributed by atoms with E-state index in [1.165, 1.54) is 6.08 Å². The van der Waals surface area contributed by atoms with Crippen molar-refractivity contribution in [3.63, 3.8) is 0 Å². The second kappa shape index (κ2) is 15.4. The van der Waals surface area contributed by atoms with Crippen molar-refractivity contribution in [2.45, 2.75) is 90.1 Å². The monoisotopic (exact) mass is 681 g/mol. The molecule has 1 saturated heterocycles. The van der Waals surface area contributed by atoms with Crippen molar-refractivity contribution in [1.29, 1.82) is 0 Å². The van der Waals surface area contributed by atoms with Crippen LogP contribution in [0.4, 0.5) is 14.4 Å². The molecule has 0 aromatic heterocycles. The first-order valence-electron chi connectivity index (χ1n) is 15.8. The van der Waals surface area contributed by atoms with E-state index in [2.05, 4.69) is 15.6 Å². The Morgan fingerprint density at radius 3 is 1.82 bits per heavy atom. The Morgan fingerprint density at radius 2 is 1.37 bits per heavy atom. The van der Waals surface area contributed by atoms with Crippen molar-refractivity contribution in [2.24, 2.45) is 10.9 Å². The van der Waals surface area contributed by atoms with Crippen LogP contribution in [0.3, 0.4) is 0 Å². The molecule has 2 aliphatic heterocycles. The van der Waals surface area contributed by atoms with Gasteiger partial charge in [-0.1, -0.05) is 67.6 Å². The molecule has 2 aromatic rings. The SMILES string of the molecule is C[C@H]1[C@H]([C@H](O)[C@H]2COC(=O)O2)OC(C(=O)OC(c2ccccc2)c2ccccc2)=C[C@@H]1N=C(NC(=O)OC(C)(C)C)NC(=O)OC(C)(C)C. The van der Waals surface area contributed by atoms with E-state index in [9.17, 15) is 24.3 Å². The minimum atomic E-state index is -1.48. The Morgan fingerprint density at radius 1 is 0.857 bits per heavy atom. The summed E-state index contributed by atoms with van der Waals surface area (Å²) in [6.45, 7) is 11.4. The van der Waals surface area contributed by atoms with Gasteiger partial charge in [0, 0.05) is 5.92 Å². The number of aliphatic hydroxyl groups excluding tert-OH is 1. The maximum Gasteiger partial charge on any atom is 0.508 e. The summed E-state index contributed by atoms with van der Waals surface area (Å²) in [4.78, 5) is 55.7. The van der Waals surface area contributed by atoms with Gasteiger partial charge in [-0.15, -0.1) is 0 Å². The molecule has 0 unspecified atom stereocenters. The summed E-state index contributed by atoms with van der Waals surface area (Å²) in [6.07, 6.45) is -6.07. The van der Waals surface area contributed by atoms with Crippen molar-refractivity contribution < 1.29 is 52.7 Å². The molecule has 4 rings (SSSR count). The number of hydrogen-bond donors (Lipinski definition) is 3. The van der Waals surface area contributed by atoms with E-state index >= 15 is 0 Å². The fourth-order valence-electron chi connectivity index (χ4n) is 4.96. The van der Waals surface area contributed by atoms with Crippen LogP contribution in [-0.2, 0) is 33.2 Å². The van der Waals surface area contributed by atoms with Crippen LogP contribution in [0.5, 0.6) is 0 Å². The molecule has 0 aliphatic carbocycles. The predicted octanol–water partition coefficient (Wildman–Crippen LogP) is 4.91. The number of carbonyl (C=O) groups excluding carboxylic acids is 4. The first-order chi connectivity index (χ1) is 23.0. The van der Waals surface area contributed by atoms with E-state index in [1.807, 2.05) is 60.7 Å². The summed E-state index contributed by atoms with van der Waals surface area (Å²) in [5.74, 6) is -2.29. The van der Waals surface area contributed by atoms with Gasteiger partial charge in [-0.25, -0.2) is 24.2 Å². The molecule has 0 radical (unpaired) electrons. The average molecular weight is 682 g/mol. The number of carbonyl (C=O) groups is 4. The quantitative estimate of drug-likeness (QED) is 0.156. The Kier molecular flexibility index (Phi) is 11.5. The lowest BCUT2D eigenvalue weighted by Crippen LogP contribution is -2.51. The third kappa shape index (κ3) is 10.7. The van der Waals surface area contributed by atoms with Crippen molar-refractivity contribution in [3.05, 3.63) is 83.6 Å². The second-order valence-electron chi connectivity index (χ2n) is 13.5. The molecule has 14 nitrogen and oxygen atoms in total. The zero-order chi connectivity index (χ0) is 35.9.